The van der Waals surface area contributed by atoms with E-state index in [1.54, 1.807) is 30.5 Å². The lowest BCUT2D eigenvalue weighted by atomic mass is 10.0. The number of fused-ring (bicyclic) bond motifs is 2. The number of benzene rings is 2. The molecule has 1 fully saturated rings. The standard InChI is InChI=1S/C25H29N3O4S/c1-2-27-9-11-28(12-10-27)33(30,31)22-8-4-7-21(16-22)26-25(29)15-20-17-32-24-14-19-6-3-5-18(19)13-23(20)24/h4,7-8,13-14,16-17H,2-3,5-6,9-12,15H2,1H3,(H,26,29). The number of hydrogen-bond donors (Lipinski definition) is 1. The highest BCUT2D eigenvalue weighted by Gasteiger charge is 2.28. The van der Waals surface area contributed by atoms with Crippen molar-refractivity contribution in [2.45, 2.75) is 37.5 Å². The summed E-state index contributed by atoms with van der Waals surface area (Å²) in [6.45, 7) is 5.41. The van der Waals surface area contributed by atoms with Crippen LogP contribution >= 0.6 is 0 Å². The molecule has 0 bridgehead atoms. The van der Waals surface area contributed by atoms with E-state index in [-0.39, 0.29) is 17.2 Å². The molecule has 0 unspecified atom stereocenters. The second-order valence-electron chi connectivity index (χ2n) is 8.82. The third kappa shape index (κ3) is 4.43. The van der Waals surface area contributed by atoms with Crippen LogP contribution in [-0.4, -0.2) is 56.3 Å². The first-order valence-corrected chi connectivity index (χ1v) is 13.0. The van der Waals surface area contributed by atoms with Crippen molar-refractivity contribution >= 4 is 32.6 Å². The molecule has 1 amide bonds. The van der Waals surface area contributed by atoms with Gasteiger partial charge in [0.2, 0.25) is 15.9 Å². The molecule has 174 valence electrons. The average Bonchev–Trinajstić information content (AvgIpc) is 3.44. The first-order valence-electron chi connectivity index (χ1n) is 11.6. The quantitative estimate of drug-likeness (QED) is 0.601. The number of carbonyl (C=O) groups is 1. The predicted molar refractivity (Wildman–Crippen MR) is 128 cm³/mol. The number of nitrogens with one attached hydrogen (secondary N) is 1. The highest BCUT2D eigenvalue weighted by Crippen LogP contribution is 2.31. The van der Waals surface area contributed by atoms with Crippen molar-refractivity contribution in [3.05, 3.63) is 59.4 Å². The molecule has 2 aromatic carbocycles. The van der Waals surface area contributed by atoms with E-state index in [0.29, 0.717) is 18.8 Å². The Balaban J connectivity index is 1.29. The molecule has 5 rings (SSSR count). The smallest absolute Gasteiger partial charge is 0.243 e. The Bertz CT molecular complexity index is 1290. The van der Waals surface area contributed by atoms with E-state index in [2.05, 4.69) is 29.3 Å². The fourth-order valence-corrected chi connectivity index (χ4v) is 6.30. The number of amides is 1. The largest absolute Gasteiger partial charge is 0.464 e. The zero-order chi connectivity index (χ0) is 23.0. The van der Waals surface area contributed by atoms with E-state index < -0.39 is 10.0 Å². The van der Waals surface area contributed by atoms with Crippen LogP contribution in [-0.2, 0) is 34.1 Å². The Kier molecular flexibility index (Phi) is 5.99. The summed E-state index contributed by atoms with van der Waals surface area (Å²) in [6, 6.07) is 10.7. The Hall–Kier alpha value is -2.68. The van der Waals surface area contributed by atoms with Gasteiger partial charge in [-0.05, 0) is 67.3 Å². The fourth-order valence-electron chi connectivity index (χ4n) is 4.83. The number of furan rings is 1. The number of carbonyl (C=O) groups excluding carboxylic acids is 1. The Morgan fingerprint density at radius 1 is 1.06 bits per heavy atom. The van der Waals surface area contributed by atoms with Crippen LogP contribution in [0, 0.1) is 0 Å². The molecule has 1 aliphatic carbocycles. The zero-order valence-electron chi connectivity index (χ0n) is 18.8. The summed E-state index contributed by atoms with van der Waals surface area (Å²) in [4.78, 5) is 15.2. The molecule has 0 spiro atoms. The minimum absolute atomic E-state index is 0.168. The number of aryl methyl sites for hydroxylation is 2. The van der Waals surface area contributed by atoms with E-state index in [1.807, 2.05) is 0 Å². The van der Waals surface area contributed by atoms with Crippen LogP contribution in [0.4, 0.5) is 5.69 Å². The highest BCUT2D eigenvalue weighted by atomic mass is 32.2. The summed E-state index contributed by atoms with van der Waals surface area (Å²) in [5.41, 5.74) is 4.80. The van der Waals surface area contributed by atoms with Crippen molar-refractivity contribution in [1.82, 2.24) is 9.21 Å². The molecule has 1 aromatic heterocycles. The van der Waals surface area contributed by atoms with E-state index >= 15 is 0 Å². The zero-order valence-corrected chi connectivity index (χ0v) is 19.7. The second-order valence-corrected chi connectivity index (χ2v) is 10.8. The topological polar surface area (TPSA) is 82.9 Å². The van der Waals surface area contributed by atoms with Gasteiger partial charge in [0.05, 0.1) is 17.6 Å². The van der Waals surface area contributed by atoms with Crippen LogP contribution < -0.4 is 5.32 Å². The molecule has 3 aromatic rings. The number of hydrogen-bond acceptors (Lipinski definition) is 5. The third-order valence-electron chi connectivity index (χ3n) is 6.75. The van der Waals surface area contributed by atoms with Gasteiger partial charge in [0.25, 0.3) is 0 Å². The molecule has 0 radical (unpaired) electrons. The fraction of sp³-hybridized carbons (Fsp3) is 0.400. The average molecular weight is 468 g/mol. The second kappa shape index (κ2) is 8.93. The molecule has 1 N–H and O–H groups in total. The number of anilines is 1. The molecule has 2 heterocycles. The van der Waals surface area contributed by atoms with Crippen LogP contribution in [0.25, 0.3) is 11.0 Å². The van der Waals surface area contributed by atoms with Crippen molar-refractivity contribution in [2.24, 2.45) is 0 Å². The molecule has 33 heavy (non-hydrogen) atoms. The summed E-state index contributed by atoms with van der Waals surface area (Å²) in [7, 11) is -3.60. The Morgan fingerprint density at radius 3 is 2.58 bits per heavy atom. The van der Waals surface area contributed by atoms with Gasteiger partial charge in [0.1, 0.15) is 5.58 Å². The summed E-state index contributed by atoms with van der Waals surface area (Å²) >= 11 is 0. The van der Waals surface area contributed by atoms with Crippen molar-refractivity contribution < 1.29 is 17.6 Å². The number of piperazine rings is 1. The van der Waals surface area contributed by atoms with Crippen LogP contribution in [0.3, 0.4) is 0 Å². The van der Waals surface area contributed by atoms with E-state index in [4.69, 9.17) is 4.42 Å². The Morgan fingerprint density at radius 2 is 1.82 bits per heavy atom. The molecular weight excluding hydrogens is 438 g/mol. The van der Waals surface area contributed by atoms with Crippen molar-refractivity contribution in [2.75, 3.05) is 38.0 Å². The lowest BCUT2D eigenvalue weighted by Crippen LogP contribution is -2.48. The van der Waals surface area contributed by atoms with Crippen LogP contribution in [0.15, 0.2) is 52.0 Å². The maximum absolute atomic E-state index is 13.1. The summed E-state index contributed by atoms with van der Waals surface area (Å²) in [6.07, 6.45) is 5.12. The van der Waals surface area contributed by atoms with Crippen molar-refractivity contribution in [3.63, 3.8) is 0 Å². The third-order valence-corrected chi connectivity index (χ3v) is 8.65. The highest BCUT2D eigenvalue weighted by molar-refractivity contribution is 7.89. The monoisotopic (exact) mass is 467 g/mol. The van der Waals surface area contributed by atoms with Gasteiger partial charge in [-0.3, -0.25) is 4.79 Å². The van der Waals surface area contributed by atoms with Gasteiger partial charge in [-0.25, -0.2) is 8.42 Å². The maximum Gasteiger partial charge on any atom is 0.243 e. The molecule has 2 aliphatic rings. The van der Waals surface area contributed by atoms with Gasteiger partial charge in [-0.15, -0.1) is 0 Å². The number of rotatable bonds is 6. The van der Waals surface area contributed by atoms with E-state index in [9.17, 15) is 13.2 Å². The minimum Gasteiger partial charge on any atom is -0.464 e. The van der Waals surface area contributed by atoms with Gasteiger partial charge in [-0.2, -0.15) is 4.31 Å². The molecule has 7 nitrogen and oxygen atoms in total. The molecular formula is C25H29N3O4S. The van der Waals surface area contributed by atoms with Crippen molar-refractivity contribution in [3.8, 4) is 0 Å². The van der Waals surface area contributed by atoms with Gasteiger partial charge in [0.15, 0.2) is 0 Å². The van der Waals surface area contributed by atoms with E-state index in [0.717, 1.165) is 55.4 Å². The lowest BCUT2D eigenvalue weighted by molar-refractivity contribution is -0.115. The summed E-state index contributed by atoms with van der Waals surface area (Å²) in [5.74, 6) is -0.204. The van der Waals surface area contributed by atoms with Gasteiger partial charge < -0.3 is 14.6 Å². The van der Waals surface area contributed by atoms with Crippen LogP contribution in [0.1, 0.15) is 30.0 Å². The summed E-state index contributed by atoms with van der Waals surface area (Å²) < 4.78 is 33.4. The lowest BCUT2D eigenvalue weighted by Gasteiger charge is -2.33. The SMILES string of the molecule is CCN1CCN(S(=O)(=O)c2cccc(NC(=O)Cc3coc4cc5c(cc34)CCC5)c2)CC1. The molecule has 0 atom stereocenters. The first-order chi connectivity index (χ1) is 15.9. The van der Waals surface area contributed by atoms with Gasteiger partial charge >= 0.3 is 0 Å². The Labute approximate surface area is 194 Å². The van der Waals surface area contributed by atoms with Gasteiger partial charge in [-0.1, -0.05) is 13.0 Å². The normalized spacial score (nSPS) is 17.4. The minimum atomic E-state index is -3.60. The predicted octanol–water partition coefficient (Wildman–Crippen LogP) is 3.43. The number of likely N-dealkylation sites (N-methyl/N-ethyl adjacent to an activating group) is 1. The summed E-state index contributed by atoms with van der Waals surface area (Å²) in [5, 5.41) is 3.84. The molecule has 8 heteroatoms. The molecule has 1 aliphatic heterocycles. The first kappa shape index (κ1) is 22.1. The van der Waals surface area contributed by atoms with Crippen molar-refractivity contribution in [1.29, 1.82) is 0 Å². The molecule has 1 saturated heterocycles. The van der Waals surface area contributed by atoms with Gasteiger partial charge in [0, 0.05) is 42.8 Å². The maximum atomic E-state index is 13.1. The van der Waals surface area contributed by atoms with Crippen LogP contribution in [0.2, 0.25) is 0 Å². The number of nitrogens with zero attached hydrogens (tertiary/aromatic N) is 2. The molecule has 0 saturated carbocycles. The van der Waals surface area contributed by atoms with E-state index in [1.165, 1.54) is 15.4 Å². The van der Waals surface area contributed by atoms with Crippen LogP contribution in [0.5, 0.6) is 0 Å². The number of sulfonamides is 1.